The molecule has 3 aromatic rings. The molecule has 4 unspecified atom stereocenters. The molecule has 1 aromatic heterocycles. The lowest BCUT2D eigenvalue weighted by molar-refractivity contribution is -0.142. The van der Waals surface area contributed by atoms with Crippen LogP contribution in [-0.4, -0.2) is 51.3 Å². The molecular weight excluding hydrogens is 618 g/mol. The third-order valence-corrected chi connectivity index (χ3v) is 9.65. The van der Waals surface area contributed by atoms with Crippen LogP contribution in [0.25, 0.3) is 0 Å². The first-order valence-corrected chi connectivity index (χ1v) is 15.5. The van der Waals surface area contributed by atoms with Gasteiger partial charge in [0.1, 0.15) is 11.6 Å². The van der Waals surface area contributed by atoms with Crippen LogP contribution in [0, 0.1) is 11.7 Å². The van der Waals surface area contributed by atoms with Crippen molar-refractivity contribution < 1.29 is 41.7 Å². The van der Waals surface area contributed by atoms with Gasteiger partial charge in [0.25, 0.3) is 5.79 Å². The van der Waals surface area contributed by atoms with Crippen LogP contribution in [-0.2, 0) is 34.6 Å². The molecule has 0 spiro atoms. The minimum atomic E-state index is -4.70. The fourth-order valence-electron chi connectivity index (χ4n) is 6.86. The number of carbonyl (C=O) groups is 1. The summed E-state index contributed by atoms with van der Waals surface area (Å²) in [6.07, 6.45) is -2.61. The number of carboxylic acids is 1. The van der Waals surface area contributed by atoms with Gasteiger partial charge in [-0.05, 0) is 69.0 Å². The summed E-state index contributed by atoms with van der Waals surface area (Å²) in [7, 11) is 0. The Hall–Kier alpha value is -3.35. The summed E-state index contributed by atoms with van der Waals surface area (Å²) in [6.45, 7) is 3.83. The molecule has 1 saturated carbocycles. The normalized spacial score (nSPS) is 26.6. The summed E-state index contributed by atoms with van der Waals surface area (Å²) in [5.74, 6) is -3.13. The van der Waals surface area contributed by atoms with Crippen molar-refractivity contribution in [3.63, 3.8) is 0 Å². The summed E-state index contributed by atoms with van der Waals surface area (Å²) in [6, 6.07) is 9.96. The van der Waals surface area contributed by atoms with E-state index in [4.69, 9.17) is 25.8 Å². The van der Waals surface area contributed by atoms with Gasteiger partial charge in [-0.15, -0.1) is 0 Å². The molecule has 3 fully saturated rings. The second-order valence-corrected chi connectivity index (χ2v) is 12.9. The van der Waals surface area contributed by atoms with Crippen LogP contribution < -0.4 is 9.47 Å². The fourth-order valence-corrected chi connectivity index (χ4v) is 7.02. The molecule has 1 aliphatic carbocycles. The van der Waals surface area contributed by atoms with Gasteiger partial charge in [0.15, 0.2) is 17.2 Å². The molecule has 13 heteroatoms. The molecule has 240 valence electrons. The van der Waals surface area contributed by atoms with Crippen molar-refractivity contribution in [1.82, 2.24) is 14.5 Å². The lowest BCUT2D eigenvalue weighted by atomic mass is 9.88. The zero-order valence-electron chi connectivity index (χ0n) is 24.4. The highest BCUT2D eigenvalue weighted by Gasteiger charge is 2.52. The van der Waals surface area contributed by atoms with E-state index in [1.165, 1.54) is 6.07 Å². The second-order valence-electron chi connectivity index (χ2n) is 12.4. The molecule has 2 saturated heterocycles. The smallest absolute Gasteiger partial charge is 0.435 e. The van der Waals surface area contributed by atoms with E-state index < -0.39 is 41.3 Å². The number of likely N-dealkylation sites (tertiary alicyclic amines) is 1. The maximum Gasteiger partial charge on any atom is 0.435 e. The van der Waals surface area contributed by atoms with Crippen LogP contribution in [0.3, 0.4) is 0 Å². The Bertz CT molecular complexity index is 1640. The predicted molar refractivity (Wildman–Crippen MR) is 154 cm³/mol. The van der Waals surface area contributed by atoms with Crippen LogP contribution in [0.15, 0.2) is 36.4 Å². The Morgan fingerprint density at radius 3 is 2.53 bits per heavy atom. The minimum Gasteiger partial charge on any atom is -0.481 e. The lowest BCUT2D eigenvalue weighted by Gasteiger charge is -2.33. The Balaban J connectivity index is 1.09. The molecule has 3 aliphatic heterocycles. The highest BCUT2D eigenvalue weighted by molar-refractivity contribution is 6.30. The van der Waals surface area contributed by atoms with Crippen LogP contribution in [0.2, 0.25) is 5.02 Å². The van der Waals surface area contributed by atoms with Gasteiger partial charge in [-0.2, -0.15) is 13.2 Å². The summed E-state index contributed by atoms with van der Waals surface area (Å²) in [5, 5.41) is 9.75. The van der Waals surface area contributed by atoms with Gasteiger partial charge in [0, 0.05) is 30.0 Å². The number of benzene rings is 2. The van der Waals surface area contributed by atoms with Crippen molar-refractivity contribution in [3.8, 4) is 11.5 Å². The van der Waals surface area contributed by atoms with Gasteiger partial charge in [-0.1, -0.05) is 23.7 Å². The van der Waals surface area contributed by atoms with Gasteiger partial charge < -0.3 is 23.9 Å². The molecule has 7 rings (SSSR count). The maximum absolute atomic E-state index is 14.8. The molecule has 1 N–H and O–H groups in total. The number of piperidine rings is 1. The monoisotopic (exact) mass is 649 g/mol. The van der Waals surface area contributed by atoms with Gasteiger partial charge in [-0.3, -0.25) is 9.69 Å². The highest BCUT2D eigenvalue weighted by atomic mass is 35.5. The molecule has 4 aliphatic rings. The standard InChI is InChI=1S/C32H32ClF4N3O5/c1-31(23-6-5-18(33)13-24(23)34)44-25-4-2-3-20(28(25)45-31)17-7-10-39(11-8-17)16-26-38-29(32(35,36)37)27(21-14-22(21)30(41)42)40(26)15-19-9-12-43-19/h2-6,13,17,19,21-22H,7-12,14-16H2,1H3,(H,41,42). The summed E-state index contributed by atoms with van der Waals surface area (Å²) in [4.78, 5) is 17.8. The molecule has 4 atom stereocenters. The van der Waals surface area contributed by atoms with Gasteiger partial charge in [0.05, 0.1) is 36.4 Å². The van der Waals surface area contributed by atoms with E-state index in [-0.39, 0.29) is 53.6 Å². The number of rotatable bonds is 8. The zero-order chi connectivity index (χ0) is 31.7. The molecule has 0 radical (unpaired) electrons. The van der Waals surface area contributed by atoms with E-state index in [0.717, 1.165) is 12.0 Å². The van der Waals surface area contributed by atoms with Gasteiger partial charge in [-0.25, -0.2) is 9.37 Å². The largest absolute Gasteiger partial charge is 0.481 e. The van der Waals surface area contributed by atoms with Crippen molar-refractivity contribution in [1.29, 1.82) is 0 Å². The van der Waals surface area contributed by atoms with E-state index in [2.05, 4.69) is 9.88 Å². The number of alkyl halides is 3. The Kier molecular flexibility index (Phi) is 7.52. The first kappa shape index (κ1) is 30.3. The number of halogens is 5. The average molecular weight is 650 g/mol. The number of ether oxygens (including phenoxy) is 3. The van der Waals surface area contributed by atoms with Gasteiger partial charge >= 0.3 is 12.1 Å². The van der Waals surface area contributed by atoms with E-state index in [1.807, 2.05) is 12.1 Å². The van der Waals surface area contributed by atoms with E-state index in [1.54, 1.807) is 29.7 Å². The van der Waals surface area contributed by atoms with E-state index in [9.17, 15) is 27.5 Å². The number of nitrogens with zero attached hydrogens (tertiary/aromatic N) is 3. The maximum atomic E-state index is 14.8. The number of imidazole rings is 1. The van der Waals surface area contributed by atoms with Crippen molar-refractivity contribution in [2.24, 2.45) is 5.92 Å². The molecular formula is C32H32ClF4N3O5. The van der Waals surface area contributed by atoms with Crippen molar-refractivity contribution >= 4 is 17.6 Å². The Labute approximate surface area is 261 Å². The Morgan fingerprint density at radius 1 is 1.16 bits per heavy atom. The lowest BCUT2D eigenvalue weighted by Crippen LogP contribution is -2.36. The summed E-state index contributed by atoms with van der Waals surface area (Å²) >= 11 is 5.94. The topological polar surface area (TPSA) is 86.1 Å². The van der Waals surface area contributed by atoms with Crippen molar-refractivity contribution in [3.05, 3.63) is 75.6 Å². The number of fused-ring (bicyclic) bond motifs is 1. The van der Waals surface area contributed by atoms with Crippen LogP contribution in [0.5, 0.6) is 11.5 Å². The number of hydrogen-bond acceptors (Lipinski definition) is 6. The highest BCUT2D eigenvalue weighted by Crippen LogP contribution is 2.52. The summed E-state index contributed by atoms with van der Waals surface area (Å²) in [5.41, 5.74) is 0.138. The number of carboxylic acid groups (broad SMARTS) is 1. The van der Waals surface area contributed by atoms with E-state index >= 15 is 0 Å². The predicted octanol–water partition coefficient (Wildman–Crippen LogP) is 6.70. The third kappa shape index (κ3) is 5.65. The van der Waals surface area contributed by atoms with Crippen molar-refractivity contribution in [2.45, 2.75) is 75.6 Å². The number of hydrogen-bond donors (Lipinski definition) is 1. The number of aliphatic carboxylic acids is 1. The minimum absolute atomic E-state index is 0.0348. The van der Waals surface area contributed by atoms with Crippen LogP contribution >= 0.6 is 11.6 Å². The molecule has 45 heavy (non-hydrogen) atoms. The molecule has 8 nitrogen and oxygen atoms in total. The third-order valence-electron chi connectivity index (χ3n) is 9.42. The van der Waals surface area contributed by atoms with Crippen LogP contribution in [0.1, 0.15) is 72.8 Å². The fraction of sp³-hybridized carbons (Fsp3) is 0.500. The molecule has 0 bridgehead atoms. The zero-order valence-corrected chi connectivity index (χ0v) is 25.2. The number of aromatic nitrogens is 2. The number of para-hydroxylation sites is 1. The Morgan fingerprint density at radius 2 is 1.91 bits per heavy atom. The van der Waals surface area contributed by atoms with E-state index in [0.29, 0.717) is 44.0 Å². The molecule has 2 aromatic carbocycles. The first-order chi connectivity index (χ1) is 21.4. The van der Waals surface area contributed by atoms with Gasteiger partial charge in [0.2, 0.25) is 0 Å². The second kappa shape index (κ2) is 11.2. The molecule has 0 amide bonds. The molecule has 4 heterocycles. The summed E-state index contributed by atoms with van der Waals surface area (Å²) < 4.78 is 77.0. The SMILES string of the molecule is CC1(c2ccc(Cl)cc2F)Oc2cccc(C3CCN(Cc4nc(C(F)(F)F)c(C5CC5C(=O)O)n4CC4CCO4)CC3)c2O1. The van der Waals surface area contributed by atoms with Crippen LogP contribution in [0.4, 0.5) is 17.6 Å². The van der Waals surface area contributed by atoms with Crippen molar-refractivity contribution in [2.75, 3.05) is 19.7 Å². The first-order valence-electron chi connectivity index (χ1n) is 15.1. The average Bonchev–Trinajstić information content (AvgIpc) is 3.55. The quantitative estimate of drug-likeness (QED) is 0.272.